The van der Waals surface area contributed by atoms with Crippen LogP contribution < -0.4 is 10.0 Å². The molecule has 3 N–H and O–H groups in total. The molecule has 1 unspecified atom stereocenters. The fourth-order valence-electron chi connectivity index (χ4n) is 3.33. The smallest absolute Gasteiger partial charge is 0.215 e. The zero-order valence-corrected chi connectivity index (χ0v) is 16.1. The normalized spacial score (nSPS) is 20.4. The molecule has 5 nitrogen and oxygen atoms in total. The predicted octanol–water partition coefficient (Wildman–Crippen LogP) is 2.92. The Kier molecular flexibility index (Phi) is 5.87. The number of hydrogen-bond donors (Lipinski definition) is 3. The lowest BCUT2D eigenvalue weighted by Crippen LogP contribution is -2.40. The highest BCUT2D eigenvalue weighted by atomic mass is 35.5. The van der Waals surface area contributed by atoms with Crippen molar-refractivity contribution in [3.63, 3.8) is 0 Å². The highest BCUT2D eigenvalue weighted by molar-refractivity contribution is 7.88. The number of benzene rings is 2. The lowest BCUT2D eigenvalue weighted by Gasteiger charge is -2.21. The fraction of sp³-hybridized carbons (Fsp3) is 0.368. The molecule has 2 aromatic carbocycles. The van der Waals surface area contributed by atoms with Crippen LogP contribution in [0.5, 0.6) is 5.75 Å². The van der Waals surface area contributed by atoms with Crippen LogP contribution >= 0.6 is 11.6 Å². The maximum Gasteiger partial charge on any atom is 0.215 e. The Bertz CT molecular complexity index is 886. The van der Waals surface area contributed by atoms with E-state index < -0.39 is 10.0 Å². The Hall–Kier alpha value is -1.60. The second kappa shape index (κ2) is 7.96. The molecule has 1 aliphatic heterocycles. The lowest BCUT2D eigenvalue weighted by molar-refractivity contribution is 0.469. The van der Waals surface area contributed by atoms with Gasteiger partial charge in [0, 0.05) is 29.1 Å². The summed E-state index contributed by atoms with van der Waals surface area (Å²) in [7, 11) is -3.54. The van der Waals surface area contributed by atoms with Crippen LogP contribution in [-0.4, -0.2) is 32.7 Å². The molecule has 0 amide bonds. The van der Waals surface area contributed by atoms with Crippen molar-refractivity contribution in [2.45, 2.75) is 31.1 Å². The predicted molar refractivity (Wildman–Crippen MR) is 104 cm³/mol. The third-order valence-corrected chi connectivity index (χ3v) is 6.54. The molecule has 0 radical (unpaired) electrons. The monoisotopic (exact) mass is 394 g/mol. The number of rotatable bonds is 6. The van der Waals surface area contributed by atoms with E-state index in [-0.39, 0.29) is 23.5 Å². The van der Waals surface area contributed by atoms with Gasteiger partial charge in [0.05, 0.1) is 5.75 Å². The second-order valence-corrected chi connectivity index (χ2v) is 8.91. The van der Waals surface area contributed by atoms with Crippen molar-refractivity contribution in [2.24, 2.45) is 0 Å². The highest BCUT2D eigenvalue weighted by Crippen LogP contribution is 2.30. The van der Waals surface area contributed by atoms with Gasteiger partial charge in [-0.25, -0.2) is 13.1 Å². The fourth-order valence-corrected chi connectivity index (χ4v) is 4.70. The summed E-state index contributed by atoms with van der Waals surface area (Å²) in [6.45, 7) is 3.09. The van der Waals surface area contributed by atoms with Crippen LogP contribution in [0.3, 0.4) is 0 Å². The molecular weight excluding hydrogens is 372 g/mol. The lowest BCUT2D eigenvalue weighted by atomic mass is 9.91. The Labute approximate surface area is 159 Å². The van der Waals surface area contributed by atoms with Crippen LogP contribution in [-0.2, 0) is 15.8 Å². The summed E-state index contributed by atoms with van der Waals surface area (Å²) in [5, 5.41) is 13.9. The summed E-state index contributed by atoms with van der Waals surface area (Å²) < 4.78 is 27.4. The zero-order valence-electron chi connectivity index (χ0n) is 14.6. The number of nitrogens with one attached hydrogen (secondary N) is 2. The summed E-state index contributed by atoms with van der Waals surface area (Å²) >= 11 is 6.24. The Morgan fingerprint density at radius 3 is 2.77 bits per heavy atom. The average Bonchev–Trinajstić information content (AvgIpc) is 3.06. The molecule has 3 rings (SSSR count). The van der Waals surface area contributed by atoms with Crippen molar-refractivity contribution in [3.8, 4) is 5.75 Å². The quantitative estimate of drug-likeness (QED) is 0.703. The van der Waals surface area contributed by atoms with Gasteiger partial charge in [-0.15, -0.1) is 0 Å². The summed E-state index contributed by atoms with van der Waals surface area (Å²) in [4.78, 5) is 0. The number of hydrogen-bond acceptors (Lipinski definition) is 4. The molecule has 2 aromatic rings. The van der Waals surface area contributed by atoms with Gasteiger partial charge in [0.2, 0.25) is 10.0 Å². The molecule has 1 fully saturated rings. The number of para-hydroxylation sites is 1. The summed E-state index contributed by atoms with van der Waals surface area (Å²) in [6.07, 6.45) is 0.936. The molecule has 1 aliphatic rings. The first-order chi connectivity index (χ1) is 12.4. The molecule has 140 valence electrons. The van der Waals surface area contributed by atoms with Crippen LogP contribution in [0.2, 0.25) is 5.02 Å². The largest absolute Gasteiger partial charge is 0.508 e. The molecule has 1 heterocycles. The Morgan fingerprint density at radius 2 is 2.04 bits per heavy atom. The van der Waals surface area contributed by atoms with E-state index in [0.717, 1.165) is 29.1 Å². The number of phenols is 1. The number of aryl methyl sites for hydroxylation is 1. The summed E-state index contributed by atoms with van der Waals surface area (Å²) in [6, 6.07) is 12.5. The van der Waals surface area contributed by atoms with Crippen molar-refractivity contribution in [1.29, 1.82) is 0 Å². The summed E-state index contributed by atoms with van der Waals surface area (Å²) in [5.74, 6) is -0.0436. The van der Waals surface area contributed by atoms with Gasteiger partial charge in [-0.2, -0.15) is 0 Å². The minimum Gasteiger partial charge on any atom is -0.508 e. The van der Waals surface area contributed by atoms with Gasteiger partial charge in [-0.3, -0.25) is 0 Å². The van der Waals surface area contributed by atoms with E-state index >= 15 is 0 Å². The van der Waals surface area contributed by atoms with Crippen LogP contribution in [0, 0.1) is 6.92 Å². The molecule has 2 atom stereocenters. The van der Waals surface area contributed by atoms with Gasteiger partial charge >= 0.3 is 0 Å². The van der Waals surface area contributed by atoms with Gasteiger partial charge in [0.25, 0.3) is 0 Å². The van der Waals surface area contributed by atoms with Gasteiger partial charge in [-0.1, -0.05) is 41.9 Å². The van der Waals surface area contributed by atoms with Crippen LogP contribution in [0.25, 0.3) is 0 Å². The van der Waals surface area contributed by atoms with Crippen LogP contribution in [0.15, 0.2) is 42.5 Å². The number of sulfonamides is 1. The van der Waals surface area contributed by atoms with E-state index in [2.05, 4.69) is 16.1 Å². The van der Waals surface area contributed by atoms with Gasteiger partial charge in [0.15, 0.2) is 0 Å². The molecule has 0 aliphatic carbocycles. The number of aromatic hydroxyl groups is 1. The topological polar surface area (TPSA) is 78.4 Å². The SMILES string of the molecule is Cc1ccc(C2CCN[C@@H]2CNS(=O)(=O)Cc2ccccc2O)cc1Cl. The molecule has 0 bridgehead atoms. The van der Waals surface area contributed by atoms with E-state index in [9.17, 15) is 13.5 Å². The van der Waals surface area contributed by atoms with Gasteiger partial charge in [-0.05, 0) is 43.1 Å². The molecule has 26 heavy (non-hydrogen) atoms. The summed E-state index contributed by atoms with van der Waals surface area (Å²) in [5.41, 5.74) is 2.54. The third kappa shape index (κ3) is 4.57. The molecule has 1 saturated heterocycles. The maximum absolute atomic E-state index is 12.4. The molecule has 0 spiro atoms. The third-order valence-electron chi connectivity index (χ3n) is 4.83. The number of halogens is 1. The first-order valence-corrected chi connectivity index (χ1v) is 10.6. The van der Waals surface area contributed by atoms with Crippen molar-refractivity contribution >= 4 is 21.6 Å². The molecule has 7 heteroatoms. The van der Waals surface area contributed by atoms with Gasteiger partial charge in [0.1, 0.15) is 5.75 Å². The standard InChI is InChI=1S/C19H23ClN2O3S/c1-13-6-7-14(10-17(13)20)16-8-9-21-18(16)11-22-26(24,25)12-15-4-2-3-5-19(15)23/h2-7,10,16,18,21-23H,8-9,11-12H2,1H3/t16?,18-/m1/s1. The highest BCUT2D eigenvalue weighted by Gasteiger charge is 2.29. The zero-order chi connectivity index (χ0) is 18.7. The van der Waals surface area contributed by atoms with Gasteiger partial charge < -0.3 is 10.4 Å². The number of phenolic OH excluding ortho intramolecular Hbond substituents is 1. The minimum atomic E-state index is -3.54. The van der Waals surface area contributed by atoms with E-state index in [1.54, 1.807) is 18.2 Å². The molecule has 0 saturated carbocycles. The van der Waals surface area contributed by atoms with Crippen molar-refractivity contribution < 1.29 is 13.5 Å². The van der Waals surface area contributed by atoms with E-state index in [1.165, 1.54) is 6.07 Å². The van der Waals surface area contributed by atoms with E-state index in [4.69, 9.17) is 11.6 Å². The first-order valence-electron chi connectivity index (χ1n) is 8.59. The molecule has 0 aromatic heterocycles. The maximum atomic E-state index is 12.4. The molecular formula is C19H23ClN2O3S. The van der Waals surface area contributed by atoms with E-state index in [0.29, 0.717) is 12.1 Å². The van der Waals surface area contributed by atoms with Crippen LogP contribution in [0.1, 0.15) is 29.0 Å². The Balaban J connectivity index is 1.66. The first kappa shape index (κ1) is 19.2. The Morgan fingerprint density at radius 1 is 1.27 bits per heavy atom. The van der Waals surface area contributed by atoms with Crippen molar-refractivity contribution in [2.75, 3.05) is 13.1 Å². The van der Waals surface area contributed by atoms with Crippen molar-refractivity contribution in [1.82, 2.24) is 10.0 Å². The van der Waals surface area contributed by atoms with Crippen molar-refractivity contribution in [3.05, 3.63) is 64.2 Å². The van der Waals surface area contributed by atoms with Crippen LogP contribution in [0.4, 0.5) is 0 Å². The average molecular weight is 395 g/mol. The second-order valence-electron chi connectivity index (χ2n) is 6.70. The van der Waals surface area contributed by atoms with E-state index in [1.807, 2.05) is 19.1 Å². The minimum absolute atomic E-state index is 0.00733.